The van der Waals surface area contributed by atoms with Crippen LogP contribution in [0.25, 0.3) is 21.9 Å². The highest BCUT2D eigenvalue weighted by Gasteiger charge is 2.39. The van der Waals surface area contributed by atoms with Gasteiger partial charge in [-0.1, -0.05) is 6.07 Å². The molecule has 0 aromatic heterocycles. The first kappa shape index (κ1) is 18.4. The van der Waals surface area contributed by atoms with Crippen LogP contribution in [0.1, 0.15) is 22.3 Å². The summed E-state index contributed by atoms with van der Waals surface area (Å²) in [6.45, 7) is 0.111. The van der Waals surface area contributed by atoms with Gasteiger partial charge in [0.05, 0.1) is 32.5 Å². The number of fused-ring (bicyclic) bond motifs is 3. The maximum Gasteiger partial charge on any atom is 0.342 e. The van der Waals surface area contributed by atoms with Gasteiger partial charge in [0.2, 0.25) is 6.79 Å². The first-order chi connectivity index (χ1) is 14.6. The average Bonchev–Trinajstić information content (AvgIpc) is 3.34. The van der Waals surface area contributed by atoms with E-state index in [0.717, 1.165) is 0 Å². The summed E-state index contributed by atoms with van der Waals surface area (Å²) in [5.41, 5.74) is 1.29. The molecule has 0 spiro atoms. The van der Waals surface area contributed by atoms with Gasteiger partial charge in [0.1, 0.15) is 5.75 Å². The van der Waals surface area contributed by atoms with Crippen molar-refractivity contribution in [1.82, 2.24) is 0 Å². The van der Waals surface area contributed by atoms with Crippen LogP contribution in [0.3, 0.4) is 0 Å². The van der Waals surface area contributed by atoms with Crippen molar-refractivity contribution >= 4 is 16.7 Å². The quantitative estimate of drug-likeness (QED) is 0.588. The number of hydrogen-bond acceptors (Lipinski definition) is 7. The lowest BCUT2D eigenvalue weighted by atomic mass is 9.89. The van der Waals surface area contributed by atoms with Crippen molar-refractivity contribution in [2.75, 3.05) is 28.1 Å². The molecule has 0 bridgehead atoms. The van der Waals surface area contributed by atoms with Crippen molar-refractivity contribution in [3.63, 3.8) is 0 Å². The molecule has 0 N–H and O–H groups in total. The molecule has 1 atom stereocenters. The van der Waals surface area contributed by atoms with Crippen LogP contribution in [-0.2, 0) is 4.74 Å². The Kier molecular flexibility index (Phi) is 4.09. The predicted octanol–water partition coefficient (Wildman–Crippen LogP) is 4.40. The van der Waals surface area contributed by atoms with E-state index in [0.29, 0.717) is 44.9 Å². The number of carbonyl (C=O) groups excluding carboxylic acids is 1. The zero-order valence-corrected chi connectivity index (χ0v) is 16.4. The SMILES string of the molecule is COc1cc2c(OC)c3c(c(-c4ccc5c(c4)OCO5)c2cc1OC)C(=O)OC3F. The highest BCUT2D eigenvalue weighted by molar-refractivity contribution is 6.14. The van der Waals surface area contributed by atoms with E-state index in [1.807, 2.05) is 0 Å². The Hall–Kier alpha value is -3.68. The maximum absolute atomic E-state index is 14.8. The van der Waals surface area contributed by atoms with Gasteiger partial charge < -0.3 is 28.4 Å². The second kappa shape index (κ2) is 6.69. The van der Waals surface area contributed by atoms with Crippen LogP contribution in [0.2, 0.25) is 0 Å². The molecule has 2 aliphatic rings. The Labute approximate surface area is 170 Å². The summed E-state index contributed by atoms with van der Waals surface area (Å²) in [7, 11) is 4.44. The van der Waals surface area contributed by atoms with Gasteiger partial charge in [0.25, 0.3) is 6.36 Å². The molecule has 7 nitrogen and oxygen atoms in total. The number of benzene rings is 3. The smallest absolute Gasteiger partial charge is 0.342 e. The fourth-order valence-corrected chi connectivity index (χ4v) is 4.01. The summed E-state index contributed by atoms with van der Waals surface area (Å²) < 4.78 is 46.9. The molecule has 2 aliphatic heterocycles. The normalized spacial score (nSPS) is 16.4. The molecule has 0 saturated heterocycles. The number of esters is 1. The lowest BCUT2D eigenvalue weighted by Crippen LogP contribution is -2.02. The number of halogens is 1. The standard InChI is InChI=1S/C22H17FO7/c1-25-14-7-11-12(8-15(14)26-2)20(27-3)19-18(22(24)30-21(19)23)17(11)10-4-5-13-16(6-10)29-9-28-13/h4-8,21H,9H2,1-3H3. The van der Waals surface area contributed by atoms with E-state index in [4.69, 9.17) is 28.4 Å². The molecule has 0 fully saturated rings. The van der Waals surface area contributed by atoms with Crippen molar-refractivity contribution in [3.05, 3.63) is 41.5 Å². The molecule has 0 saturated carbocycles. The van der Waals surface area contributed by atoms with E-state index in [9.17, 15) is 9.18 Å². The summed E-state index contributed by atoms with van der Waals surface area (Å²) >= 11 is 0. The average molecular weight is 412 g/mol. The minimum Gasteiger partial charge on any atom is -0.496 e. The second-order valence-corrected chi connectivity index (χ2v) is 6.74. The molecular formula is C22H17FO7. The first-order valence-corrected chi connectivity index (χ1v) is 9.12. The molecule has 154 valence electrons. The van der Waals surface area contributed by atoms with E-state index >= 15 is 0 Å². The molecule has 0 amide bonds. The number of methoxy groups -OCH3 is 3. The van der Waals surface area contributed by atoms with Gasteiger partial charge in [0, 0.05) is 10.9 Å². The third-order valence-electron chi connectivity index (χ3n) is 5.31. The summed E-state index contributed by atoms with van der Waals surface area (Å²) in [6, 6.07) is 8.70. The van der Waals surface area contributed by atoms with Crippen molar-refractivity contribution in [1.29, 1.82) is 0 Å². The van der Waals surface area contributed by atoms with Crippen LogP contribution in [-0.4, -0.2) is 34.1 Å². The maximum atomic E-state index is 14.8. The number of alkyl halides is 1. The first-order valence-electron chi connectivity index (χ1n) is 9.12. The van der Waals surface area contributed by atoms with Gasteiger partial charge in [-0.25, -0.2) is 4.79 Å². The third-order valence-corrected chi connectivity index (χ3v) is 5.31. The van der Waals surface area contributed by atoms with Gasteiger partial charge >= 0.3 is 5.97 Å². The Balaban J connectivity index is 1.93. The van der Waals surface area contributed by atoms with Crippen LogP contribution in [0.5, 0.6) is 28.7 Å². The van der Waals surface area contributed by atoms with Gasteiger partial charge in [-0.15, -0.1) is 0 Å². The highest BCUT2D eigenvalue weighted by Crippen LogP contribution is 2.51. The van der Waals surface area contributed by atoms with Crippen LogP contribution < -0.4 is 23.7 Å². The molecule has 30 heavy (non-hydrogen) atoms. The van der Waals surface area contributed by atoms with Crippen LogP contribution >= 0.6 is 0 Å². The predicted molar refractivity (Wildman–Crippen MR) is 104 cm³/mol. The summed E-state index contributed by atoms with van der Waals surface area (Å²) in [4.78, 5) is 12.7. The molecule has 0 aliphatic carbocycles. The Bertz CT molecular complexity index is 1200. The molecule has 5 rings (SSSR count). The van der Waals surface area contributed by atoms with Gasteiger partial charge in [-0.05, 0) is 35.2 Å². The van der Waals surface area contributed by atoms with E-state index in [-0.39, 0.29) is 23.7 Å². The van der Waals surface area contributed by atoms with Crippen LogP contribution in [0.4, 0.5) is 4.39 Å². The minimum absolute atomic E-state index is 0.0508. The fourth-order valence-electron chi connectivity index (χ4n) is 4.01. The lowest BCUT2D eigenvalue weighted by molar-refractivity contribution is -0.00427. The Morgan fingerprint density at radius 3 is 2.30 bits per heavy atom. The molecule has 2 heterocycles. The summed E-state index contributed by atoms with van der Waals surface area (Å²) in [5, 5.41) is 1.18. The lowest BCUT2D eigenvalue weighted by Gasteiger charge is -2.18. The molecule has 3 aromatic rings. The number of ether oxygens (including phenoxy) is 6. The number of rotatable bonds is 4. The molecular weight excluding hydrogens is 395 g/mol. The van der Waals surface area contributed by atoms with Crippen LogP contribution in [0, 0.1) is 0 Å². The second-order valence-electron chi connectivity index (χ2n) is 6.74. The van der Waals surface area contributed by atoms with Crippen molar-refractivity contribution in [3.8, 4) is 39.9 Å². The Morgan fingerprint density at radius 2 is 1.60 bits per heavy atom. The van der Waals surface area contributed by atoms with E-state index in [1.54, 1.807) is 30.3 Å². The topological polar surface area (TPSA) is 72.5 Å². The highest BCUT2D eigenvalue weighted by atomic mass is 19.1. The zero-order chi connectivity index (χ0) is 21.0. The van der Waals surface area contributed by atoms with E-state index in [2.05, 4.69) is 0 Å². The zero-order valence-electron chi connectivity index (χ0n) is 16.4. The van der Waals surface area contributed by atoms with Gasteiger partial charge in [-0.3, -0.25) is 0 Å². The van der Waals surface area contributed by atoms with Gasteiger partial charge in [0.15, 0.2) is 23.0 Å². The van der Waals surface area contributed by atoms with E-state index in [1.165, 1.54) is 21.3 Å². The molecule has 1 unspecified atom stereocenters. The number of carbonyl (C=O) groups is 1. The van der Waals surface area contributed by atoms with Crippen molar-refractivity contribution in [2.45, 2.75) is 6.36 Å². The van der Waals surface area contributed by atoms with Gasteiger partial charge in [-0.2, -0.15) is 4.39 Å². The van der Waals surface area contributed by atoms with Crippen molar-refractivity contribution in [2.24, 2.45) is 0 Å². The number of cyclic esters (lactones) is 1. The molecule has 3 aromatic carbocycles. The fraction of sp³-hybridized carbons (Fsp3) is 0.227. The minimum atomic E-state index is -1.94. The molecule has 0 radical (unpaired) electrons. The third kappa shape index (κ3) is 2.46. The number of hydrogen-bond donors (Lipinski definition) is 0. The van der Waals surface area contributed by atoms with Crippen molar-refractivity contribution < 1.29 is 37.6 Å². The largest absolute Gasteiger partial charge is 0.496 e. The summed E-state index contributed by atoms with van der Waals surface area (Å²) in [6.07, 6.45) is -1.94. The Morgan fingerprint density at radius 1 is 0.900 bits per heavy atom. The monoisotopic (exact) mass is 412 g/mol. The van der Waals surface area contributed by atoms with E-state index < -0.39 is 12.3 Å². The van der Waals surface area contributed by atoms with Crippen LogP contribution in [0.15, 0.2) is 30.3 Å². The molecule has 8 heteroatoms. The summed E-state index contributed by atoms with van der Waals surface area (Å²) in [5.74, 6) is 1.48.